The predicted octanol–water partition coefficient (Wildman–Crippen LogP) is 2.91. The number of rotatable bonds is 6. The Hall–Kier alpha value is -3.71. The van der Waals surface area contributed by atoms with Gasteiger partial charge in [0.05, 0.1) is 56.3 Å². The molecule has 0 spiro atoms. The first-order valence-corrected chi connectivity index (χ1v) is 11.1. The SMILES string of the molecule is COc1cc(-c2ccc3c(n2)[C@H](N2CCOCC2)N(c2cnn(CC(F)(F)F)c2)C3=O)cnc1OC. The van der Waals surface area contributed by atoms with Crippen molar-refractivity contribution in [3.05, 3.63) is 48.0 Å². The molecule has 2 aliphatic heterocycles. The molecular formula is C23H23F3N6O4. The number of hydrogen-bond donors (Lipinski definition) is 0. The van der Waals surface area contributed by atoms with Gasteiger partial charge in [0.1, 0.15) is 12.7 Å². The summed E-state index contributed by atoms with van der Waals surface area (Å²) in [5.41, 5.74) is 2.33. The minimum Gasteiger partial charge on any atom is -0.491 e. The molecule has 0 N–H and O–H groups in total. The van der Waals surface area contributed by atoms with Gasteiger partial charge >= 0.3 is 6.18 Å². The van der Waals surface area contributed by atoms with Crippen LogP contribution in [-0.4, -0.2) is 77.3 Å². The Balaban J connectivity index is 1.56. The molecule has 0 aromatic carbocycles. The fourth-order valence-electron chi connectivity index (χ4n) is 4.41. The number of nitrogens with zero attached hydrogens (tertiary/aromatic N) is 6. The Morgan fingerprint density at radius 2 is 1.92 bits per heavy atom. The lowest BCUT2D eigenvalue weighted by Gasteiger charge is -2.36. The van der Waals surface area contributed by atoms with Crippen molar-refractivity contribution in [3.8, 4) is 22.9 Å². The Labute approximate surface area is 204 Å². The van der Waals surface area contributed by atoms with E-state index in [1.807, 2.05) is 4.90 Å². The highest BCUT2D eigenvalue weighted by molar-refractivity contribution is 6.10. The van der Waals surface area contributed by atoms with Crippen molar-refractivity contribution in [1.82, 2.24) is 24.6 Å². The van der Waals surface area contributed by atoms with Gasteiger partial charge in [-0.05, 0) is 18.2 Å². The average molecular weight is 504 g/mol. The average Bonchev–Trinajstić information content (AvgIpc) is 3.44. The second-order valence-electron chi connectivity index (χ2n) is 8.27. The molecule has 0 radical (unpaired) electrons. The number of carbonyl (C=O) groups is 1. The standard InChI is InChI=1S/C23H23F3N6O4/c1-34-18-9-14(10-27-20(18)35-2)17-4-3-16-19(29-17)21(30-5-7-36-8-6-30)32(22(16)33)15-11-28-31(12-15)13-23(24,25)26/h3-4,9-12,21H,5-8,13H2,1-2H3/t21-/m1/s1. The number of pyridine rings is 2. The predicted molar refractivity (Wildman–Crippen MR) is 121 cm³/mol. The van der Waals surface area contributed by atoms with Gasteiger partial charge in [-0.15, -0.1) is 0 Å². The number of methoxy groups -OCH3 is 2. The van der Waals surface area contributed by atoms with Crippen molar-refractivity contribution >= 4 is 11.6 Å². The van der Waals surface area contributed by atoms with Crippen molar-refractivity contribution in [3.63, 3.8) is 0 Å². The largest absolute Gasteiger partial charge is 0.491 e. The maximum absolute atomic E-state index is 13.5. The summed E-state index contributed by atoms with van der Waals surface area (Å²) in [6.07, 6.45) is -0.982. The molecule has 1 atom stereocenters. The molecule has 1 fully saturated rings. The van der Waals surface area contributed by atoms with Crippen LogP contribution in [0.3, 0.4) is 0 Å². The molecule has 0 saturated carbocycles. The lowest BCUT2D eigenvalue weighted by Crippen LogP contribution is -2.45. The van der Waals surface area contributed by atoms with Crippen LogP contribution in [0.15, 0.2) is 36.8 Å². The van der Waals surface area contributed by atoms with Gasteiger partial charge in [-0.25, -0.2) is 9.97 Å². The van der Waals surface area contributed by atoms with Crippen molar-refractivity contribution in [1.29, 1.82) is 0 Å². The van der Waals surface area contributed by atoms with Crippen LogP contribution >= 0.6 is 0 Å². The van der Waals surface area contributed by atoms with Crippen LogP contribution in [0.5, 0.6) is 11.6 Å². The second-order valence-corrected chi connectivity index (χ2v) is 8.27. The topological polar surface area (TPSA) is 94.8 Å². The number of halogens is 3. The first-order chi connectivity index (χ1) is 17.3. The molecule has 13 heteroatoms. The normalized spacial score (nSPS) is 18.4. The molecule has 1 saturated heterocycles. The van der Waals surface area contributed by atoms with Gasteiger partial charge in [0.25, 0.3) is 11.8 Å². The number of anilines is 1. The number of aromatic nitrogens is 4. The summed E-state index contributed by atoms with van der Waals surface area (Å²) < 4.78 is 55.5. The van der Waals surface area contributed by atoms with E-state index in [1.54, 1.807) is 24.4 Å². The number of hydrogen-bond acceptors (Lipinski definition) is 8. The zero-order chi connectivity index (χ0) is 25.4. The molecule has 3 aromatic heterocycles. The van der Waals surface area contributed by atoms with E-state index in [9.17, 15) is 18.0 Å². The molecule has 3 aromatic rings. The lowest BCUT2D eigenvalue weighted by atomic mass is 10.1. The van der Waals surface area contributed by atoms with Gasteiger partial charge < -0.3 is 14.2 Å². The van der Waals surface area contributed by atoms with Crippen LogP contribution in [0.1, 0.15) is 22.2 Å². The molecule has 5 rings (SSSR count). The first-order valence-electron chi connectivity index (χ1n) is 11.1. The third-order valence-corrected chi connectivity index (χ3v) is 6.02. The highest BCUT2D eigenvalue weighted by Gasteiger charge is 2.44. The number of amides is 1. The molecule has 190 valence electrons. The molecule has 0 aliphatic carbocycles. The van der Waals surface area contributed by atoms with Gasteiger partial charge in [0, 0.05) is 31.0 Å². The Kier molecular flexibility index (Phi) is 6.26. The molecule has 5 heterocycles. The number of carbonyl (C=O) groups excluding carboxylic acids is 1. The van der Waals surface area contributed by atoms with Gasteiger partial charge in [0.2, 0.25) is 0 Å². The molecule has 1 amide bonds. The lowest BCUT2D eigenvalue weighted by molar-refractivity contribution is -0.142. The summed E-state index contributed by atoms with van der Waals surface area (Å²) in [4.78, 5) is 26.0. The quantitative estimate of drug-likeness (QED) is 0.506. The summed E-state index contributed by atoms with van der Waals surface area (Å²) >= 11 is 0. The Morgan fingerprint density at radius 1 is 1.14 bits per heavy atom. The van der Waals surface area contributed by atoms with E-state index in [0.717, 1.165) is 4.68 Å². The Morgan fingerprint density at radius 3 is 2.61 bits per heavy atom. The number of alkyl halides is 3. The smallest absolute Gasteiger partial charge is 0.408 e. The zero-order valence-electron chi connectivity index (χ0n) is 19.5. The number of morpholine rings is 1. The van der Waals surface area contributed by atoms with Gasteiger partial charge in [-0.1, -0.05) is 0 Å². The van der Waals surface area contributed by atoms with E-state index >= 15 is 0 Å². The highest BCUT2D eigenvalue weighted by atomic mass is 19.4. The van der Waals surface area contributed by atoms with E-state index in [4.69, 9.17) is 19.2 Å². The monoisotopic (exact) mass is 504 g/mol. The number of fused-ring (bicyclic) bond motifs is 1. The third kappa shape index (κ3) is 4.46. The summed E-state index contributed by atoms with van der Waals surface area (Å²) in [6.45, 7) is 0.711. The highest BCUT2D eigenvalue weighted by Crippen LogP contribution is 2.40. The summed E-state index contributed by atoms with van der Waals surface area (Å²) in [7, 11) is 2.99. The summed E-state index contributed by atoms with van der Waals surface area (Å²) in [5, 5.41) is 3.83. The van der Waals surface area contributed by atoms with Crippen LogP contribution < -0.4 is 14.4 Å². The van der Waals surface area contributed by atoms with Crippen LogP contribution in [0.2, 0.25) is 0 Å². The maximum atomic E-state index is 13.5. The van der Waals surface area contributed by atoms with Crippen molar-refractivity contribution < 1.29 is 32.2 Å². The minimum atomic E-state index is -4.44. The van der Waals surface area contributed by atoms with E-state index in [0.29, 0.717) is 60.4 Å². The van der Waals surface area contributed by atoms with Crippen LogP contribution in [0.25, 0.3) is 11.3 Å². The van der Waals surface area contributed by atoms with Crippen molar-refractivity contribution in [2.24, 2.45) is 0 Å². The number of ether oxygens (including phenoxy) is 3. The van der Waals surface area contributed by atoms with Crippen LogP contribution in [-0.2, 0) is 11.3 Å². The molecule has 36 heavy (non-hydrogen) atoms. The molecule has 10 nitrogen and oxygen atoms in total. The van der Waals surface area contributed by atoms with E-state index in [2.05, 4.69) is 10.1 Å². The maximum Gasteiger partial charge on any atom is 0.408 e. The first kappa shape index (κ1) is 24.0. The fourth-order valence-corrected chi connectivity index (χ4v) is 4.41. The van der Waals surface area contributed by atoms with Crippen molar-refractivity contribution in [2.75, 3.05) is 45.4 Å². The van der Waals surface area contributed by atoms with Gasteiger partial charge in [0.15, 0.2) is 5.75 Å². The molecule has 2 aliphatic rings. The zero-order valence-corrected chi connectivity index (χ0v) is 19.5. The van der Waals surface area contributed by atoms with E-state index < -0.39 is 18.9 Å². The molecule has 0 unspecified atom stereocenters. The Bertz CT molecular complexity index is 1270. The van der Waals surface area contributed by atoms with E-state index in [1.165, 1.54) is 31.5 Å². The molecule has 0 bridgehead atoms. The van der Waals surface area contributed by atoms with Crippen LogP contribution in [0, 0.1) is 0 Å². The minimum absolute atomic E-state index is 0.257. The van der Waals surface area contributed by atoms with Gasteiger partial charge in [-0.2, -0.15) is 18.3 Å². The second kappa shape index (κ2) is 9.39. The fraction of sp³-hybridized carbons (Fsp3) is 0.391. The van der Waals surface area contributed by atoms with Crippen LogP contribution in [0.4, 0.5) is 18.9 Å². The summed E-state index contributed by atoms with van der Waals surface area (Å²) in [6, 6.07) is 5.11. The van der Waals surface area contributed by atoms with E-state index in [-0.39, 0.29) is 11.6 Å². The third-order valence-electron chi connectivity index (χ3n) is 6.02. The summed E-state index contributed by atoms with van der Waals surface area (Å²) in [5.74, 6) is 0.389. The molecular weight excluding hydrogens is 481 g/mol. The van der Waals surface area contributed by atoms with Gasteiger partial charge in [-0.3, -0.25) is 19.3 Å². The van der Waals surface area contributed by atoms with Crippen molar-refractivity contribution in [2.45, 2.75) is 18.9 Å².